The zero-order chi connectivity index (χ0) is 12.8. The van der Waals surface area contributed by atoms with Crippen LogP contribution in [0, 0.1) is 11.8 Å². The van der Waals surface area contributed by atoms with Crippen LogP contribution in [0.5, 0.6) is 0 Å². The Hall–Kier alpha value is -2.04. The maximum Gasteiger partial charge on any atom is 0.114 e. The molecule has 0 spiro atoms. The summed E-state index contributed by atoms with van der Waals surface area (Å²) >= 11 is 5.86. The molecule has 0 atom stereocenters. The molecular weight excluding hydrogens is 242 g/mol. The normalized spacial score (nSPS) is 10.7. The molecule has 0 aromatic heterocycles. The summed E-state index contributed by atoms with van der Waals surface area (Å²) in [5.41, 5.74) is 2.72. The van der Waals surface area contributed by atoms with Crippen LogP contribution in [0.1, 0.15) is 11.1 Å². The minimum atomic E-state index is 0.713. The standard InChI is InChI=1S/C16H12ClN/c1-18-16(14-8-10-15(17)11-9-14)12-7-13-5-3-2-4-6-13/h2-6,8-11H,1H3. The fourth-order valence-corrected chi connectivity index (χ4v) is 1.64. The summed E-state index contributed by atoms with van der Waals surface area (Å²) in [7, 11) is 1.74. The zero-order valence-corrected chi connectivity index (χ0v) is 10.8. The topological polar surface area (TPSA) is 12.4 Å². The second-order valence-corrected chi connectivity index (χ2v) is 4.13. The Morgan fingerprint density at radius 2 is 1.67 bits per heavy atom. The van der Waals surface area contributed by atoms with Gasteiger partial charge in [0.15, 0.2) is 0 Å². The van der Waals surface area contributed by atoms with Crippen molar-refractivity contribution in [2.24, 2.45) is 4.99 Å². The predicted octanol–water partition coefficient (Wildman–Crippen LogP) is 3.81. The van der Waals surface area contributed by atoms with E-state index in [0.717, 1.165) is 16.8 Å². The molecule has 0 fully saturated rings. The Labute approximate surface area is 112 Å². The molecule has 0 saturated heterocycles. The highest BCUT2D eigenvalue weighted by Crippen LogP contribution is 2.10. The summed E-state index contributed by atoms with van der Waals surface area (Å²) in [5.74, 6) is 6.17. The molecule has 18 heavy (non-hydrogen) atoms. The molecule has 0 aliphatic heterocycles. The van der Waals surface area contributed by atoms with Crippen LogP contribution >= 0.6 is 11.6 Å². The Balaban J connectivity index is 2.27. The lowest BCUT2D eigenvalue weighted by molar-refractivity contribution is 1.44. The van der Waals surface area contributed by atoms with Crippen molar-refractivity contribution in [2.75, 3.05) is 7.05 Å². The van der Waals surface area contributed by atoms with Crippen LogP contribution in [0.25, 0.3) is 0 Å². The second-order valence-electron chi connectivity index (χ2n) is 3.70. The highest BCUT2D eigenvalue weighted by Gasteiger charge is 1.98. The summed E-state index contributed by atoms with van der Waals surface area (Å²) in [6.45, 7) is 0. The molecule has 2 heteroatoms. The number of hydrogen-bond donors (Lipinski definition) is 0. The molecule has 0 bridgehead atoms. The summed E-state index contributed by atoms with van der Waals surface area (Å²) in [6, 6.07) is 17.4. The van der Waals surface area contributed by atoms with Gasteiger partial charge in [-0.05, 0) is 30.2 Å². The van der Waals surface area contributed by atoms with E-state index in [2.05, 4.69) is 16.8 Å². The average molecular weight is 254 g/mol. The third kappa shape index (κ3) is 3.23. The van der Waals surface area contributed by atoms with E-state index in [1.165, 1.54) is 0 Å². The first-order chi connectivity index (χ1) is 8.79. The van der Waals surface area contributed by atoms with Gasteiger partial charge in [0.1, 0.15) is 5.71 Å². The van der Waals surface area contributed by atoms with Crippen LogP contribution in [0.3, 0.4) is 0 Å². The van der Waals surface area contributed by atoms with Gasteiger partial charge in [0.05, 0.1) is 0 Å². The van der Waals surface area contributed by atoms with Crippen LogP contribution in [0.4, 0.5) is 0 Å². The second kappa shape index (κ2) is 6.05. The van der Waals surface area contributed by atoms with Crippen LogP contribution in [0.15, 0.2) is 59.6 Å². The SMILES string of the molecule is CN=C(C#Cc1ccccc1)c1ccc(Cl)cc1. The van der Waals surface area contributed by atoms with Crippen LogP contribution in [-0.2, 0) is 0 Å². The smallest absolute Gasteiger partial charge is 0.114 e. The van der Waals surface area contributed by atoms with Crippen molar-refractivity contribution in [1.29, 1.82) is 0 Å². The molecule has 0 aliphatic carbocycles. The van der Waals surface area contributed by atoms with Gasteiger partial charge in [-0.25, -0.2) is 0 Å². The number of aliphatic imine (C=N–C) groups is 1. The van der Waals surface area contributed by atoms with E-state index in [0.29, 0.717) is 5.02 Å². The first kappa shape index (κ1) is 12.4. The zero-order valence-electron chi connectivity index (χ0n) is 10.0. The highest BCUT2D eigenvalue weighted by molar-refractivity contribution is 6.30. The first-order valence-electron chi connectivity index (χ1n) is 5.59. The van der Waals surface area contributed by atoms with E-state index in [1.807, 2.05) is 54.6 Å². The van der Waals surface area contributed by atoms with Crippen molar-refractivity contribution < 1.29 is 0 Å². The minimum Gasteiger partial charge on any atom is -0.279 e. The van der Waals surface area contributed by atoms with Gasteiger partial charge in [-0.2, -0.15) is 0 Å². The van der Waals surface area contributed by atoms with Gasteiger partial charge in [0.25, 0.3) is 0 Å². The van der Waals surface area contributed by atoms with E-state index >= 15 is 0 Å². The lowest BCUT2D eigenvalue weighted by atomic mass is 10.1. The summed E-state index contributed by atoms with van der Waals surface area (Å²) < 4.78 is 0. The first-order valence-corrected chi connectivity index (χ1v) is 5.97. The van der Waals surface area contributed by atoms with Gasteiger partial charge in [0.2, 0.25) is 0 Å². The third-order valence-electron chi connectivity index (χ3n) is 2.44. The largest absolute Gasteiger partial charge is 0.279 e. The Kier molecular flexibility index (Phi) is 4.17. The van der Waals surface area contributed by atoms with Gasteiger partial charge >= 0.3 is 0 Å². The fourth-order valence-electron chi connectivity index (χ4n) is 1.52. The molecule has 88 valence electrons. The molecule has 1 nitrogen and oxygen atoms in total. The maximum absolute atomic E-state index is 5.86. The third-order valence-corrected chi connectivity index (χ3v) is 2.69. The van der Waals surface area contributed by atoms with Crippen molar-refractivity contribution in [2.45, 2.75) is 0 Å². The maximum atomic E-state index is 5.86. The Bertz CT molecular complexity index is 601. The molecule has 2 aromatic rings. The predicted molar refractivity (Wildman–Crippen MR) is 77.2 cm³/mol. The monoisotopic (exact) mass is 253 g/mol. The van der Waals surface area contributed by atoms with Gasteiger partial charge in [0, 0.05) is 23.2 Å². The molecule has 0 amide bonds. The van der Waals surface area contributed by atoms with E-state index in [-0.39, 0.29) is 0 Å². The average Bonchev–Trinajstić information content (AvgIpc) is 2.42. The van der Waals surface area contributed by atoms with E-state index in [9.17, 15) is 0 Å². The quantitative estimate of drug-likeness (QED) is 0.541. The summed E-state index contributed by atoms with van der Waals surface area (Å²) in [4.78, 5) is 4.20. The van der Waals surface area contributed by atoms with Crippen molar-refractivity contribution in [3.05, 3.63) is 70.7 Å². The molecule has 0 heterocycles. The molecule has 0 N–H and O–H groups in total. The molecule has 2 rings (SSSR count). The highest BCUT2D eigenvalue weighted by atomic mass is 35.5. The van der Waals surface area contributed by atoms with E-state index < -0.39 is 0 Å². The lowest BCUT2D eigenvalue weighted by Gasteiger charge is -1.98. The van der Waals surface area contributed by atoms with Gasteiger partial charge in [-0.3, -0.25) is 4.99 Å². The summed E-state index contributed by atoms with van der Waals surface area (Å²) in [6.07, 6.45) is 0. The minimum absolute atomic E-state index is 0.713. The van der Waals surface area contributed by atoms with Gasteiger partial charge in [-0.1, -0.05) is 47.9 Å². The van der Waals surface area contributed by atoms with Crippen molar-refractivity contribution in [3.8, 4) is 11.8 Å². The van der Waals surface area contributed by atoms with Crippen molar-refractivity contribution >= 4 is 17.3 Å². The number of rotatable bonds is 1. The number of benzene rings is 2. The van der Waals surface area contributed by atoms with Crippen molar-refractivity contribution in [1.82, 2.24) is 0 Å². The fraction of sp³-hybridized carbons (Fsp3) is 0.0625. The number of hydrogen-bond acceptors (Lipinski definition) is 1. The Morgan fingerprint density at radius 1 is 1.00 bits per heavy atom. The Morgan fingerprint density at radius 3 is 2.28 bits per heavy atom. The molecular formula is C16H12ClN. The lowest BCUT2D eigenvalue weighted by Crippen LogP contribution is -1.96. The van der Waals surface area contributed by atoms with Crippen LogP contribution in [0.2, 0.25) is 5.02 Å². The summed E-state index contributed by atoms with van der Waals surface area (Å²) in [5, 5.41) is 0.713. The number of halogens is 1. The number of nitrogens with zero attached hydrogens (tertiary/aromatic N) is 1. The molecule has 0 radical (unpaired) electrons. The van der Waals surface area contributed by atoms with Gasteiger partial charge < -0.3 is 0 Å². The van der Waals surface area contributed by atoms with E-state index in [4.69, 9.17) is 11.6 Å². The van der Waals surface area contributed by atoms with E-state index in [1.54, 1.807) is 7.05 Å². The molecule has 2 aromatic carbocycles. The molecule has 0 aliphatic rings. The van der Waals surface area contributed by atoms with Crippen LogP contribution < -0.4 is 0 Å². The van der Waals surface area contributed by atoms with Crippen LogP contribution in [-0.4, -0.2) is 12.8 Å². The molecule has 0 unspecified atom stereocenters. The van der Waals surface area contributed by atoms with Crippen molar-refractivity contribution in [3.63, 3.8) is 0 Å². The molecule has 0 saturated carbocycles. The van der Waals surface area contributed by atoms with Gasteiger partial charge in [-0.15, -0.1) is 0 Å².